The van der Waals surface area contributed by atoms with Gasteiger partial charge in [0.1, 0.15) is 11.5 Å². The van der Waals surface area contributed by atoms with Gasteiger partial charge in [-0.25, -0.2) is 4.39 Å². The molecule has 4 rings (SSSR count). The molecule has 164 valence electrons. The molecule has 1 aliphatic rings. The predicted molar refractivity (Wildman–Crippen MR) is 123 cm³/mol. The number of nitrogens with one attached hydrogen (secondary N) is 1. The van der Waals surface area contributed by atoms with Crippen LogP contribution in [0, 0.1) is 44.3 Å². The Labute approximate surface area is 188 Å². The number of halogens is 1. The van der Waals surface area contributed by atoms with Crippen molar-refractivity contribution < 1.29 is 13.7 Å². The summed E-state index contributed by atoms with van der Waals surface area (Å²) in [7, 11) is 0. The summed E-state index contributed by atoms with van der Waals surface area (Å²) in [6.07, 6.45) is 4.55. The van der Waals surface area contributed by atoms with Crippen LogP contribution < -0.4 is 5.32 Å². The summed E-state index contributed by atoms with van der Waals surface area (Å²) in [4.78, 5) is 12.5. The fourth-order valence-electron chi connectivity index (χ4n) is 4.38. The standard InChI is InChI=1S/C27H27FN2O2/c1-17-12-18(2)26(19(3)13-17)25-15-23(32-30-25)16-29-27(31)22-11-10-21(24(28)14-22)9-8-20-6-4-5-7-20/h10-15,20H,4-7,16H2,1-3H3,(H,29,31). The van der Waals surface area contributed by atoms with Gasteiger partial charge in [-0.3, -0.25) is 4.79 Å². The van der Waals surface area contributed by atoms with Gasteiger partial charge in [0.2, 0.25) is 0 Å². The zero-order chi connectivity index (χ0) is 22.7. The number of carbonyl (C=O) groups is 1. The van der Waals surface area contributed by atoms with Gasteiger partial charge in [-0.1, -0.05) is 47.5 Å². The maximum atomic E-state index is 14.4. The van der Waals surface area contributed by atoms with E-state index in [4.69, 9.17) is 4.52 Å². The number of hydrogen-bond acceptors (Lipinski definition) is 3. The molecule has 1 aromatic heterocycles. The Morgan fingerprint density at radius 1 is 1.12 bits per heavy atom. The SMILES string of the molecule is Cc1cc(C)c(-c2cc(CNC(=O)c3ccc(C#CC4CCCC4)c(F)c3)on2)c(C)c1. The molecule has 1 heterocycles. The zero-order valence-electron chi connectivity index (χ0n) is 18.7. The van der Waals surface area contributed by atoms with Gasteiger partial charge in [0, 0.05) is 23.1 Å². The molecule has 0 atom stereocenters. The molecule has 0 unspecified atom stereocenters. The first kappa shape index (κ1) is 21.8. The number of rotatable bonds is 4. The minimum atomic E-state index is -0.476. The van der Waals surface area contributed by atoms with Crippen LogP contribution in [0.15, 0.2) is 40.9 Å². The van der Waals surface area contributed by atoms with E-state index in [0.717, 1.165) is 35.2 Å². The Bertz CT molecular complexity index is 1190. The average molecular weight is 431 g/mol. The van der Waals surface area contributed by atoms with Crippen molar-refractivity contribution in [3.63, 3.8) is 0 Å². The second kappa shape index (κ2) is 9.40. The van der Waals surface area contributed by atoms with Crippen molar-refractivity contribution in [3.05, 3.63) is 75.8 Å². The first-order valence-electron chi connectivity index (χ1n) is 11.0. The Balaban J connectivity index is 1.41. The second-order valence-electron chi connectivity index (χ2n) is 8.58. The fourth-order valence-corrected chi connectivity index (χ4v) is 4.38. The minimum Gasteiger partial charge on any atom is -0.359 e. The van der Waals surface area contributed by atoms with E-state index in [2.05, 4.69) is 41.4 Å². The van der Waals surface area contributed by atoms with E-state index in [1.165, 1.54) is 24.5 Å². The summed E-state index contributed by atoms with van der Waals surface area (Å²) in [6.45, 7) is 6.31. The van der Waals surface area contributed by atoms with E-state index >= 15 is 0 Å². The molecule has 1 saturated carbocycles. The number of hydrogen-bond donors (Lipinski definition) is 1. The quantitative estimate of drug-likeness (QED) is 0.526. The van der Waals surface area contributed by atoms with Gasteiger partial charge in [-0.05, 0) is 62.9 Å². The first-order valence-corrected chi connectivity index (χ1v) is 11.0. The first-order chi connectivity index (χ1) is 15.4. The number of nitrogens with zero attached hydrogens (tertiary/aromatic N) is 1. The van der Waals surface area contributed by atoms with Crippen LogP contribution in [0.4, 0.5) is 4.39 Å². The highest BCUT2D eigenvalue weighted by Gasteiger charge is 2.15. The van der Waals surface area contributed by atoms with Gasteiger partial charge in [0.15, 0.2) is 5.76 Å². The third kappa shape index (κ3) is 4.91. The molecule has 1 amide bonds. The van der Waals surface area contributed by atoms with Crippen LogP contribution in [-0.2, 0) is 6.54 Å². The summed E-state index contributed by atoms with van der Waals surface area (Å²) in [5.41, 5.74) is 5.79. The van der Waals surface area contributed by atoms with Crippen LogP contribution in [0.2, 0.25) is 0 Å². The van der Waals surface area contributed by atoms with Crippen LogP contribution in [0.1, 0.15) is 64.1 Å². The average Bonchev–Trinajstić information content (AvgIpc) is 3.42. The van der Waals surface area contributed by atoms with Crippen LogP contribution in [0.5, 0.6) is 0 Å². The van der Waals surface area contributed by atoms with Crippen LogP contribution in [-0.4, -0.2) is 11.1 Å². The van der Waals surface area contributed by atoms with Crippen molar-refractivity contribution >= 4 is 5.91 Å². The normalized spacial score (nSPS) is 13.6. The van der Waals surface area contributed by atoms with Gasteiger partial charge >= 0.3 is 0 Å². The van der Waals surface area contributed by atoms with E-state index in [9.17, 15) is 9.18 Å². The lowest BCUT2D eigenvalue weighted by molar-refractivity contribution is 0.0946. The molecule has 32 heavy (non-hydrogen) atoms. The van der Waals surface area contributed by atoms with E-state index in [-0.39, 0.29) is 18.0 Å². The van der Waals surface area contributed by atoms with E-state index in [1.54, 1.807) is 12.1 Å². The van der Waals surface area contributed by atoms with Crippen molar-refractivity contribution in [1.29, 1.82) is 0 Å². The number of aryl methyl sites for hydroxylation is 3. The van der Waals surface area contributed by atoms with Crippen LogP contribution in [0.25, 0.3) is 11.3 Å². The molecule has 0 saturated heterocycles. The molecule has 1 fully saturated rings. The summed E-state index contributed by atoms with van der Waals surface area (Å²) >= 11 is 0. The maximum Gasteiger partial charge on any atom is 0.251 e. The largest absolute Gasteiger partial charge is 0.359 e. The second-order valence-corrected chi connectivity index (χ2v) is 8.58. The number of benzene rings is 2. The molecule has 5 heteroatoms. The third-order valence-electron chi connectivity index (χ3n) is 5.91. The Hall–Kier alpha value is -3.39. The van der Waals surface area contributed by atoms with Gasteiger partial charge < -0.3 is 9.84 Å². The topological polar surface area (TPSA) is 55.1 Å². The lowest BCUT2D eigenvalue weighted by Crippen LogP contribution is -2.22. The van der Waals surface area contributed by atoms with E-state index in [0.29, 0.717) is 17.2 Å². The lowest BCUT2D eigenvalue weighted by Gasteiger charge is -2.07. The molecule has 0 radical (unpaired) electrons. The highest BCUT2D eigenvalue weighted by molar-refractivity contribution is 5.94. The van der Waals surface area contributed by atoms with E-state index < -0.39 is 5.82 Å². The Morgan fingerprint density at radius 2 is 1.84 bits per heavy atom. The summed E-state index contributed by atoms with van der Waals surface area (Å²) in [5, 5.41) is 6.93. The molecule has 1 aliphatic carbocycles. The van der Waals surface area contributed by atoms with Crippen molar-refractivity contribution in [2.45, 2.75) is 53.0 Å². The minimum absolute atomic E-state index is 0.167. The monoisotopic (exact) mass is 430 g/mol. The fraction of sp³-hybridized carbons (Fsp3) is 0.333. The Morgan fingerprint density at radius 3 is 2.53 bits per heavy atom. The molecule has 0 spiro atoms. The summed E-state index contributed by atoms with van der Waals surface area (Å²) in [6, 6.07) is 10.4. The van der Waals surface area contributed by atoms with Crippen molar-refractivity contribution in [2.75, 3.05) is 0 Å². The smallest absolute Gasteiger partial charge is 0.251 e. The summed E-state index contributed by atoms with van der Waals surface area (Å²) < 4.78 is 19.8. The molecule has 4 nitrogen and oxygen atoms in total. The molecule has 0 aliphatic heterocycles. The van der Waals surface area contributed by atoms with Gasteiger partial charge in [0.05, 0.1) is 12.1 Å². The van der Waals surface area contributed by atoms with Crippen molar-refractivity contribution in [2.24, 2.45) is 5.92 Å². The zero-order valence-corrected chi connectivity index (χ0v) is 18.7. The third-order valence-corrected chi connectivity index (χ3v) is 5.91. The molecule has 3 aromatic rings. The maximum absolute atomic E-state index is 14.4. The lowest BCUT2D eigenvalue weighted by atomic mass is 9.97. The Kier molecular flexibility index (Phi) is 6.41. The molecule has 0 bridgehead atoms. The summed E-state index contributed by atoms with van der Waals surface area (Å²) in [5.74, 6) is 6.12. The number of aromatic nitrogens is 1. The number of amides is 1. The van der Waals surface area contributed by atoms with E-state index in [1.807, 2.05) is 19.9 Å². The molecule has 1 N–H and O–H groups in total. The van der Waals surface area contributed by atoms with Crippen LogP contribution >= 0.6 is 0 Å². The van der Waals surface area contributed by atoms with Gasteiger partial charge in [-0.15, -0.1) is 0 Å². The molecule has 2 aromatic carbocycles. The number of carbonyl (C=O) groups excluding carboxylic acids is 1. The highest BCUT2D eigenvalue weighted by atomic mass is 19.1. The van der Waals surface area contributed by atoms with Gasteiger partial charge in [-0.2, -0.15) is 0 Å². The molecular weight excluding hydrogens is 403 g/mol. The predicted octanol–water partition coefficient (Wildman–Crippen LogP) is 5.88. The highest BCUT2D eigenvalue weighted by Crippen LogP contribution is 2.28. The van der Waals surface area contributed by atoms with Crippen molar-refractivity contribution in [3.8, 4) is 23.1 Å². The van der Waals surface area contributed by atoms with Crippen LogP contribution in [0.3, 0.4) is 0 Å². The molecular formula is C27H27FN2O2. The van der Waals surface area contributed by atoms with Gasteiger partial charge in [0.25, 0.3) is 5.91 Å². The van der Waals surface area contributed by atoms with Crippen molar-refractivity contribution in [1.82, 2.24) is 10.5 Å².